The normalized spacial score (nSPS) is 17.5. The SMILES string of the molecule is CC(C)(C)c1ccc(NC(=O)N2CCN(c3ncccc3Cl)C[C@H]2CO)cc1. The van der Waals surface area contributed by atoms with Gasteiger partial charge in [-0.15, -0.1) is 0 Å². The molecule has 2 aromatic rings. The molecule has 7 heteroatoms. The number of hydrogen-bond donors (Lipinski definition) is 2. The van der Waals surface area contributed by atoms with Crippen molar-refractivity contribution in [3.05, 3.63) is 53.2 Å². The van der Waals surface area contributed by atoms with E-state index in [1.54, 1.807) is 23.2 Å². The van der Waals surface area contributed by atoms with Gasteiger partial charge in [0, 0.05) is 31.5 Å². The van der Waals surface area contributed by atoms with Crippen molar-refractivity contribution in [1.82, 2.24) is 9.88 Å². The van der Waals surface area contributed by atoms with E-state index in [0.717, 1.165) is 5.69 Å². The van der Waals surface area contributed by atoms with Gasteiger partial charge in [-0.05, 0) is 35.2 Å². The average Bonchev–Trinajstić information content (AvgIpc) is 2.67. The molecule has 6 nitrogen and oxygen atoms in total. The summed E-state index contributed by atoms with van der Waals surface area (Å²) in [6, 6.07) is 10.9. The Bertz CT molecular complexity index is 820. The first-order valence-corrected chi connectivity index (χ1v) is 9.82. The Hall–Kier alpha value is -2.31. The summed E-state index contributed by atoms with van der Waals surface area (Å²) in [7, 11) is 0. The number of amides is 2. The van der Waals surface area contributed by atoms with Gasteiger partial charge < -0.3 is 20.2 Å². The number of rotatable bonds is 3. The minimum atomic E-state index is -0.333. The number of urea groups is 1. The van der Waals surface area contributed by atoms with Crippen molar-refractivity contribution < 1.29 is 9.90 Å². The molecular formula is C21H27ClN4O2. The number of carbonyl (C=O) groups is 1. The van der Waals surface area contributed by atoms with Crippen LogP contribution in [0.2, 0.25) is 5.02 Å². The Balaban J connectivity index is 1.66. The van der Waals surface area contributed by atoms with Gasteiger partial charge in [-0.2, -0.15) is 0 Å². The highest BCUT2D eigenvalue weighted by atomic mass is 35.5. The van der Waals surface area contributed by atoms with Crippen LogP contribution < -0.4 is 10.2 Å². The number of carbonyl (C=O) groups excluding carboxylic acids is 1. The fraction of sp³-hybridized carbons (Fsp3) is 0.429. The summed E-state index contributed by atoms with van der Waals surface area (Å²) in [4.78, 5) is 20.8. The Kier molecular flexibility index (Phi) is 6.10. The van der Waals surface area contributed by atoms with Gasteiger partial charge in [0.15, 0.2) is 0 Å². The van der Waals surface area contributed by atoms with Crippen LogP contribution in [0.25, 0.3) is 0 Å². The molecule has 150 valence electrons. The molecule has 2 amide bonds. The first kappa shape index (κ1) is 20.4. The molecule has 1 aromatic heterocycles. The van der Waals surface area contributed by atoms with Crippen LogP contribution in [0.5, 0.6) is 0 Å². The molecule has 1 saturated heterocycles. The molecule has 0 saturated carbocycles. The van der Waals surface area contributed by atoms with Crippen molar-refractivity contribution in [3.63, 3.8) is 0 Å². The molecule has 1 aliphatic rings. The maximum absolute atomic E-state index is 12.8. The number of anilines is 2. The van der Waals surface area contributed by atoms with E-state index in [1.165, 1.54) is 5.56 Å². The molecule has 2 heterocycles. The molecule has 0 unspecified atom stereocenters. The van der Waals surface area contributed by atoms with Crippen molar-refractivity contribution in [2.24, 2.45) is 0 Å². The van der Waals surface area contributed by atoms with E-state index < -0.39 is 0 Å². The van der Waals surface area contributed by atoms with Crippen molar-refractivity contribution in [2.75, 3.05) is 36.5 Å². The highest BCUT2D eigenvalue weighted by Gasteiger charge is 2.31. The monoisotopic (exact) mass is 402 g/mol. The number of hydrogen-bond acceptors (Lipinski definition) is 4. The summed E-state index contributed by atoms with van der Waals surface area (Å²) < 4.78 is 0. The number of piperazine rings is 1. The third kappa shape index (κ3) is 4.56. The van der Waals surface area contributed by atoms with E-state index in [9.17, 15) is 9.90 Å². The van der Waals surface area contributed by atoms with E-state index in [0.29, 0.717) is 30.5 Å². The lowest BCUT2D eigenvalue weighted by molar-refractivity contribution is 0.132. The van der Waals surface area contributed by atoms with E-state index in [4.69, 9.17) is 11.6 Å². The maximum atomic E-state index is 12.8. The zero-order valence-corrected chi connectivity index (χ0v) is 17.3. The number of benzene rings is 1. The summed E-state index contributed by atoms with van der Waals surface area (Å²) in [5.74, 6) is 0.681. The number of nitrogens with zero attached hydrogens (tertiary/aromatic N) is 3. The Labute approximate surface area is 171 Å². The number of aromatic nitrogens is 1. The van der Waals surface area contributed by atoms with Gasteiger partial charge in [0.05, 0.1) is 17.7 Å². The number of nitrogens with one attached hydrogen (secondary N) is 1. The molecule has 0 aliphatic carbocycles. The molecule has 0 spiro atoms. The third-order valence-corrected chi connectivity index (χ3v) is 5.29. The van der Waals surface area contributed by atoms with Crippen molar-refractivity contribution in [2.45, 2.75) is 32.2 Å². The van der Waals surface area contributed by atoms with Gasteiger partial charge in [-0.1, -0.05) is 44.5 Å². The lowest BCUT2D eigenvalue weighted by Gasteiger charge is -2.41. The summed E-state index contributed by atoms with van der Waals surface area (Å²) in [6.45, 7) is 7.88. The van der Waals surface area contributed by atoms with Gasteiger partial charge in [-0.3, -0.25) is 0 Å². The molecule has 2 N–H and O–H groups in total. The van der Waals surface area contributed by atoms with Crippen molar-refractivity contribution in [3.8, 4) is 0 Å². The lowest BCUT2D eigenvalue weighted by Crippen LogP contribution is -2.58. The maximum Gasteiger partial charge on any atom is 0.322 e. The first-order valence-electron chi connectivity index (χ1n) is 9.44. The summed E-state index contributed by atoms with van der Waals surface area (Å²) in [6.07, 6.45) is 1.69. The molecule has 1 atom stereocenters. The lowest BCUT2D eigenvalue weighted by atomic mass is 9.87. The van der Waals surface area contributed by atoms with E-state index in [2.05, 4.69) is 31.1 Å². The number of halogens is 1. The van der Waals surface area contributed by atoms with Gasteiger partial charge in [0.1, 0.15) is 5.82 Å². The van der Waals surface area contributed by atoms with Crippen LogP contribution in [0.3, 0.4) is 0 Å². The van der Waals surface area contributed by atoms with Gasteiger partial charge >= 0.3 is 6.03 Å². The smallest absolute Gasteiger partial charge is 0.322 e. The fourth-order valence-electron chi connectivity index (χ4n) is 3.33. The number of aliphatic hydroxyl groups is 1. The van der Waals surface area contributed by atoms with E-state index >= 15 is 0 Å². The second-order valence-corrected chi connectivity index (χ2v) is 8.45. The summed E-state index contributed by atoms with van der Waals surface area (Å²) >= 11 is 6.24. The minimum absolute atomic E-state index is 0.0631. The van der Waals surface area contributed by atoms with Crippen LogP contribution in [0, 0.1) is 0 Å². The average molecular weight is 403 g/mol. The standard InChI is InChI=1S/C21H27ClN4O2/c1-21(2,3)15-6-8-16(9-7-15)24-20(28)26-12-11-25(13-17(26)14-27)19-18(22)5-4-10-23-19/h4-10,17,27H,11-14H2,1-3H3,(H,24,28)/t17-/m0/s1. The molecule has 1 fully saturated rings. The quantitative estimate of drug-likeness (QED) is 0.820. The van der Waals surface area contributed by atoms with Gasteiger partial charge in [0.2, 0.25) is 0 Å². The first-order chi connectivity index (χ1) is 13.3. The zero-order valence-electron chi connectivity index (χ0n) is 16.5. The third-order valence-electron chi connectivity index (χ3n) is 5.00. The molecule has 1 aliphatic heterocycles. The molecule has 1 aromatic carbocycles. The largest absolute Gasteiger partial charge is 0.394 e. The Morgan fingerprint density at radius 2 is 1.96 bits per heavy atom. The topological polar surface area (TPSA) is 68.7 Å². The molecule has 0 bridgehead atoms. The second kappa shape index (κ2) is 8.37. The predicted molar refractivity (Wildman–Crippen MR) is 113 cm³/mol. The molecule has 28 heavy (non-hydrogen) atoms. The van der Waals surface area contributed by atoms with Crippen LogP contribution in [0.4, 0.5) is 16.3 Å². The Morgan fingerprint density at radius 1 is 1.25 bits per heavy atom. The van der Waals surface area contributed by atoms with Crippen LogP contribution in [-0.4, -0.2) is 53.3 Å². The van der Waals surface area contributed by atoms with Crippen LogP contribution in [0.15, 0.2) is 42.6 Å². The van der Waals surface area contributed by atoms with Crippen LogP contribution in [-0.2, 0) is 5.41 Å². The summed E-state index contributed by atoms with van der Waals surface area (Å²) in [5.41, 5.74) is 2.01. The minimum Gasteiger partial charge on any atom is -0.394 e. The highest BCUT2D eigenvalue weighted by molar-refractivity contribution is 6.32. The Morgan fingerprint density at radius 3 is 2.57 bits per heavy atom. The van der Waals surface area contributed by atoms with Crippen LogP contribution >= 0.6 is 11.6 Å². The highest BCUT2D eigenvalue weighted by Crippen LogP contribution is 2.26. The number of aliphatic hydroxyl groups excluding tert-OH is 1. The summed E-state index contributed by atoms with van der Waals surface area (Å²) in [5, 5.41) is 13.3. The van der Waals surface area contributed by atoms with E-state index in [-0.39, 0.29) is 24.1 Å². The molecular weight excluding hydrogens is 376 g/mol. The fourth-order valence-corrected chi connectivity index (χ4v) is 3.57. The molecule has 0 radical (unpaired) electrons. The molecule has 3 rings (SSSR count). The number of pyridine rings is 1. The van der Waals surface area contributed by atoms with Crippen LogP contribution in [0.1, 0.15) is 26.3 Å². The van der Waals surface area contributed by atoms with Crippen molar-refractivity contribution >= 4 is 29.1 Å². The van der Waals surface area contributed by atoms with Gasteiger partial charge in [0.25, 0.3) is 0 Å². The predicted octanol–water partition coefficient (Wildman–Crippen LogP) is 3.75. The zero-order chi connectivity index (χ0) is 20.3. The van der Waals surface area contributed by atoms with Gasteiger partial charge in [-0.25, -0.2) is 9.78 Å². The van der Waals surface area contributed by atoms with E-state index in [1.807, 2.05) is 29.2 Å². The second-order valence-electron chi connectivity index (χ2n) is 8.04. The van der Waals surface area contributed by atoms with Crippen molar-refractivity contribution in [1.29, 1.82) is 0 Å².